The maximum atomic E-state index is 12.3. The van der Waals surface area contributed by atoms with E-state index < -0.39 is 12.1 Å². The minimum absolute atomic E-state index is 0.0740. The Hall–Kier alpha value is -1.39. The number of amides is 1. The molecule has 0 saturated carbocycles. The number of hydrogen-bond acceptors (Lipinski definition) is 3. The molecular formula is C39H73NO3. The van der Waals surface area contributed by atoms with Gasteiger partial charge in [0.25, 0.3) is 0 Å². The Morgan fingerprint density at radius 1 is 0.558 bits per heavy atom. The van der Waals surface area contributed by atoms with Gasteiger partial charge in [0.15, 0.2) is 0 Å². The molecule has 0 aliphatic carbocycles. The Bertz CT molecular complexity index is 657. The molecule has 0 aliphatic heterocycles. The van der Waals surface area contributed by atoms with Gasteiger partial charge in [-0.15, -0.1) is 0 Å². The van der Waals surface area contributed by atoms with Gasteiger partial charge >= 0.3 is 0 Å². The molecule has 0 fully saturated rings. The standard InChI is InChI=1S/C39H73NO3/c1-3-5-7-9-11-13-15-17-19-20-21-23-25-27-29-31-33-35-39(43)40-37(36-41)38(42)34-32-30-28-26-24-22-18-16-14-12-10-8-6-4-2/h11,13,17,19,32,34,37-38,41-42H,3-10,12,14-16,18,20-31,33,35-36H2,1-2H3,(H,40,43)/b13-11-,19-17-,34-32+. The summed E-state index contributed by atoms with van der Waals surface area (Å²) in [4.78, 5) is 12.3. The molecule has 4 heteroatoms. The molecule has 0 heterocycles. The van der Waals surface area contributed by atoms with Gasteiger partial charge in [0.2, 0.25) is 5.91 Å². The van der Waals surface area contributed by atoms with Gasteiger partial charge in [-0.25, -0.2) is 0 Å². The van der Waals surface area contributed by atoms with E-state index in [0.29, 0.717) is 6.42 Å². The van der Waals surface area contributed by atoms with Crippen LogP contribution in [0.15, 0.2) is 36.5 Å². The molecule has 0 aromatic rings. The number of hydrogen-bond donors (Lipinski definition) is 3. The number of aliphatic hydroxyl groups excluding tert-OH is 2. The highest BCUT2D eigenvalue weighted by atomic mass is 16.3. The molecule has 0 rings (SSSR count). The first-order chi connectivity index (χ1) is 21.2. The zero-order chi connectivity index (χ0) is 31.5. The van der Waals surface area contributed by atoms with E-state index in [1.807, 2.05) is 6.08 Å². The lowest BCUT2D eigenvalue weighted by Gasteiger charge is -2.20. The molecule has 0 aliphatic rings. The van der Waals surface area contributed by atoms with Gasteiger partial charge in [0.05, 0.1) is 18.8 Å². The van der Waals surface area contributed by atoms with E-state index in [4.69, 9.17) is 0 Å². The summed E-state index contributed by atoms with van der Waals surface area (Å²) in [6.45, 7) is 4.27. The van der Waals surface area contributed by atoms with Crippen molar-refractivity contribution in [3.8, 4) is 0 Å². The minimum atomic E-state index is -0.840. The van der Waals surface area contributed by atoms with Gasteiger partial charge in [-0.3, -0.25) is 4.79 Å². The zero-order valence-corrected chi connectivity index (χ0v) is 28.7. The molecule has 43 heavy (non-hydrogen) atoms. The zero-order valence-electron chi connectivity index (χ0n) is 28.7. The first-order valence-corrected chi connectivity index (χ1v) is 18.7. The number of nitrogens with one attached hydrogen (secondary N) is 1. The lowest BCUT2D eigenvalue weighted by atomic mass is 10.0. The number of aliphatic hydroxyl groups is 2. The van der Waals surface area contributed by atoms with Crippen molar-refractivity contribution < 1.29 is 15.0 Å². The highest BCUT2D eigenvalue weighted by Gasteiger charge is 2.17. The molecular weight excluding hydrogens is 530 g/mol. The number of allylic oxidation sites excluding steroid dienone is 5. The Labute approximate surface area is 268 Å². The van der Waals surface area contributed by atoms with E-state index in [1.54, 1.807) is 6.08 Å². The van der Waals surface area contributed by atoms with E-state index in [-0.39, 0.29) is 12.5 Å². The molecule has 0 bridgehead atoms. The summed E-state index contributed by atoms with van der Waals surface area (Å²) in [6, 6.07) is -0.624. The minimum Gasteiger partial charge on any atom is -0.394 e. The second kappa shape index (κ2) is 35.1. The van der Waals surface area contributed by atoms with Crippen LogP contribution in [0.1, 0.15) is 187 Å². The molecule has 0 aromatic carbocycles. The second-order valence-electron chi connectivity index (χ2n) is 12.6. The Balaban J connectivity index is 3.64. The molecule has 2 unspecified atom stereocenters. The van der Waals surface area contributed by atoms with Crippen LogP contribution in [0.3, 0.4) is 0 Å². The summed E-state index contributed by atoms with van der Waals surface area (Å²) < 4.78 is 0. The summed E-state index contributed by atoms with van der Waals surface area (Å²) in [5, 5.41) is 22.9. The third-order valence-electron chi connectivity index (χ3n) is 8.37. The average Bonchev–Trinajstić information content (AvgIpc) is 3.01. The first kappa shape index (κ1) is 41.6. The highest BCUT2D eigenvalue weighted by Crippen LogP contribution is 2.13. The van der Waals surface area contributed by atoms with E-state index >= 15 is 0 Å². The fourth-order valence-corrected chi connectivity index (χ4v) is 5.44. The molecule has 1 amide bonds. The summed E-state index contributed by atoms with van der Waals surface area (Å²) >= 11 is 0. The summed E-state index contributed by atoms with van der Waals surface area (Å²) in [7, 11) is 0. The average molecular weight is 604 g/mol. The van der Waals surface area contributed by atoms with Crippen molar-refractivity contribution in [2.45, 2.75) is 199 Å². The lowest BCUT2D eigenvalue weighted by Crippen LogP contribution is -2.45. The SMILES string of the molecule is CCCCC/C=C\C/C=C\CCCCCCCCCC(=O)NC(CO)C(O)/C=C/CCCCCCCCCCCCCC. The van der Waals surface area contributed by atoms with Gasteiger partial charge in [-0.1, -0.05) is 166 Å². The maximum absolute atomic E-state index is 12.3. The van der Waals surface area contributed by atoms with Crippen LogP contribution in [0.5, 0.6) is 0 Å². The van der Waals surface area contributed by atoms with Gasteiger partial charge in [-0.05, 0) is 51.4 Å². The fraction of sp³-hybridized carbons (Fsp3) is 0.821. The summed E-state index contributed by atoms with van der Waals surface area (Å²) in [5.41, 5.74) is 0. The Kier molecular flexibility index (Phi) is 34.0. The quantitative estimate of drug-likeness (QED) is 0.0516. The van der Waals surface area contributed by atoms with Crippen LogP contribution in [0.2, 0.25) is 0 Å². The first-order valence-electron chi connectivity index (χ1n) is 18.7. The van der Waals surface area contributed by atoms with Gasteiger partial charge in [0, 0.05) is 6.42 Å². The van der Waals surface area contributed by atoms with Crippen LogP contribution in [0, 0.1) is 0 Å². The number of unbranched alkanes of at least 4 members (excludes halogenated alkanes) is 22. The fourth-order valence-electron chi connectivity index (χ4n) is 5.44. The van der Waals surface area contributed by atoms with Crippen LogP contribution in [0.25, 0.3) is 0 Å². The van der Waals surface area contributed by atoms with E-state index in [2.05, 4.69) is 43.5 Å². The second-order valence-corrected chi connectivity index (χ2v) is 12.6. The molecule has 0 spiro atoms. The predicted octanol–water partition coefficient (Wildman–Crippen LogP) is 11.1. The number of rotatable bonds is 33. The molecule has 4 nitrogen and oxygen atoms in total. The van der Waals surface area contributed by atoms with Crippen LogP contribution in [-0.4, -0.2) is 34.9 Å². The van der Waals surface area contributed by atoms with Crippen molar-refractivity contribution in [2.75, 3.05) is 6.61 Å². The van der Waals surface area contributed by atoms with Crippen molar-refractivity contribution >= 4 is 5.91 Å². The third kappa shape index (κ3) is 31.8. The van der Waals surface area contributed by atoms with Crippen LogP contribution in [-0.2, 0) is 4.79 Å². The van der Waals surface area contributed by atoms with E-state index in [0.717, 1.165) is 32.1 Å². The number of carbonyl (C=O) groups is 1. The van der Waals surface area contributed by atoms with Crippen molar-refractivity contribution in [3.63, 3.8) is 0 Å². The van der Waals surface area contributed by atoms with Crippen molar-refractivity contribution in [1.82, 2.24) is 5.32 Å². The van der Waals surface area contributed by atoms with Crippen LogP contribution in [0.4, 0.5) is 0 Å². The van der Waals surface area contributed by atoms with Crippen molar-refractivity contribution in [2.24, 2.45) is 0 Å². The smallest absolute Gasteiger partial charge is 0.220 e. The third-order valence-corrected chi connectivity index (χ3v) is 8.37. The molecule has 0 radical (unpaired) electrons. The lowest BCUT2D eigenvalue weighted by molar-refractivity contribution is -0.123. The highest BCUT2D eigenvalue weighted by molar-refractivity contribution is 5.76. The molecule has 252 valence electrons. The number of carbonyl (C=O) groups excluding carboxylic acids is 1. The predicted molar refractivity (Wildman–Crippen MR) is 188 cm³/mol. The van der Waals surface area contributed by atoms with Crippen LogP contribution >= 0.6 is 0 Å². The molecule has 3 N–H and O–H groups in total. The normalized spacial score (nSPS) is 13.5. The largest absolute Gasteiger partial charge is 0.394 e. The molecule has 0 saturated heterocycles. The summed E-state index contributed by atoms with van der Waals surface area (Å²) in [5.74, 6) is -0.0740. The molecule has 0 aromatic heterocycles. The van der Waals surface area contributed by atoms with Gasteiger partial charge < -0.3 is 15.5 Å². The maximum Gasteiger partial charge on any atom is 0.220 e. The topological polar surface area (TPSA) is 69.6 Å². The monoisotopic (exact) mass is 604 g/mol. The Morgan fingerprint density at radius 3 is 1.44 bits per heavy atom. The molecule has 2 atom stereocenters. The van der Waals surface area contributed by atoms with Crippen molar-refractivity contribution in [3.05, 3.63) is 36.5 Å². The van der Waals surface area contributed by atoms with Crippen LogP contribution < -0.4 is 5.32 Å². The van der Waals surface area contributed by atoms with E-state index in [9.17, 15) is 15.0 Å². The van der Waals surface area contributed by atoms with Crippen molar-refractivity contribution in [1.29, 1.82) is 0 Å². The Morgan fingerprint density at radius 2 is 0.953 bits per heavy atom. The van der Waals surface area contributed by atoms with Gasteiger partial charge in [0.1, 0.15) is 0 Å². The van der Waals surface area contributed by atoms with E-state index in [1.165, 1.54) is 135 Å². The summed E-state index contributed by atoms with van der Waals surface area (Å²) in [6.07, 6.45) is 45.1. The van der Waals surface area contributed by atoms with Gasteiger partial charge in [-0.2, -0.15) is 0 Å².